The molecule has 0 aliphatic carbocycles. The first kappa shape index (κ1) is 31.6. The Morgan fingerprint density at radius 1 is 0.922 bits per heavy atom. The second-order valence-corrected chi connectivity index (χ2v) is 14.1. The van der Waals surface area contributed by atoms with Crippen molar-refractivity contribution in [2.24, 2.45) is 0 Å². The van der Waals surface area contributed by atoms with E-state index in [0.717, 1.165) is 51.8 Å². The van der Waals surface area contributed by atoms with Crippen LogP contribution in [0.3, 0.4) is 0 Å². The van der Waals surface area contributed by atoms with E-state index in [2.05, 4.69) is 25.1 Å². The molecule has 0 unspecified atom stereocenters. The highest BCUT2D eigenvalue weighted by Crippen LogP contribution is 2.50. The minimum absolute atomic E-state index is 0.0323. The maximum absolute atomic E-state index is 14.8. The molecule has 3 N–H and O–H groups in total. The van der Waals surface area contributed by atoms with Gasteiger partial charge in [0.15, 0.2) is 0 Å². The van der Waals surface area contributed by atoms with E-state index in [1.807, 2.05) is 78.0 Å². The molecule has 256 valence electrons. The second kappa shape index (κ2) is 12.5. The van der Waals surface area contributed by atoms with E-state index >= 15 is 0 Å². The molecule has 51 heavy (non-hydrogen) atoms. The number of imidazole rings is 1. The number of urea groups is 1. The molecule has 3 aliphatic rings. The lowest BCUT2D eigenvalue weighted by Crippen LogP contribution is -2.46. The minimum atomic E-state index is -0.395. The lowest BCUT2D eigenvalue weighted by Gasteiger charge is -2.38. The van der Waals surface area contributed by atoms with E-state index in [0.29, 0.717) is 58.9 Å². The van der Waals surface area contributed by atoms with Gasteiger partial charge < -0.3 is 30.0 Å². The summed E-state index contributed by atoms with van der Waals surface area (Å²) in [6, 6.07) is 25.6. The van der Waals surface area contributed by atoms with Gasteiger partial charge in [-0.05, 0) is 66.4 Å². The van der Waals surface area contributed by atoms with Crippen LogP contribution in [0.2, 0.25) is 10.0 Å². The van der Waals surface area contributed by atoms with Gasteiger partial charge in [0, 0.05) is 64.3 Å². The van der Waals surface area contributed by atoms with Gasteiger partial charge in [-0.15, -0.1) is 0 Å². The average molecular weight is 721 g/mol. The van der Waals surface area contributed by atoms with Crippen LogP contribution in [0.4, 0.5) is 20.6 Å². The molecule has 9 rings (SSSR count). The van der Waals surface area contributed by atoms with Crippen LogP contribution in [0.15, 0.2) is 91.3 Å². The van der Waals surface area contributed by atoms with Crippen molar-refractivity contribution < 1.29 is 14.0 Å². The SMILES string of the molecule is O=C(Nc1ccc(F)cc1N1CCC(N2CCNC2=O)CC1)c1[nH]c2cc(Cl)cc3c2c1-c1c(-c2ccccc2)ncn1[C@@H]3c1ccc(Cl)cc1. The molecule has 4 aromatic carbocycles. The van der Waals surface area contributed by atoms with Crippen molar-refractivity contribution in [2.45, 2.75) is 24.9 Å². The third-order valence-electron chi connectivity index (χ3n) is 10.3. The highest BCUT2D eigenvalue weighted by Gasteiger charge is 2.36. The molecule has 2 fully saturated rings. The van der Waals surface area contributed by atoms with Crippen LogP contribution in [0.25, 0.3) is 33.4 Å². The number of fused-ring (bicyclic) bond motifs is 2. The Bertz CT molecular complexity index is 2330. The van der Waals surface area contributed by atoms with Gasteiger partial charge in [-0.25, -0.2) is 14.2 Å². The maximum atomic E-state index is 14.8. The predicted octanol–water partition coefficient (Wildman–Crippen LogP) is 8.34. The van der Waals surface area contributed by atoms with E-state index < -0.39 is 5.82 Å². The number of carbonyl (C=O) groups is 2. The van der Waals surface area contributed by atoms with Crippen molar-refractivity contribution in [3.63, 3.8) is 0 Å². The third kappa shape index (κ3) is 5.41. The summed E-state index contributed by atoms with van der Waals surface area (Å²) in [7, 11) is 0. The number of nitrogens with one attached hydrogen (secondary N) is 3. The largest absolute Gasteiger partial charge is 0.370 e. The molecule has 9 nitrogen and oxygen atoms in total. The standard InChI is InChI=1S/C39H32Cl2FN7O2/c40-24-8-6-23(7-9-24)36-28-18-25(41)19-30-32(28)33(37-34(44-21-49(36)37)22-4-2-1-3-5-22)35(45-30)38(50)46-29-11-10-26(42)20-31(29)47-15-12-27(13-16-47)48-17-14-43-39(48)51/h1-11,18-21,27,36,45H,12-17H2,(H,43,51)(H,46,50)/t36-/m1/s1. The van der Waals surface area contributed by atoms with Gasteiger partial charge in [-0.1, -0.05) is 65.7 Å². The number of rotatable bonds is 6. The first-order chi connectivity index (χ1) is 24.8. The number of H-pyrrole nitrogens is 1. The summed E-state index contributed by atoms with van der Waals surface area (Å²) in [5.74, 6) is -0.773. The molecule has 2 aromatic heterocycles. The van der Waals surface area contributed by atoms with Crippen LogP contribution < -0.4 is 15.5 Å². The summed E-state index contributed by atoms with van der Waals surface area (Å²) >= 11 is 13.1. The zero-order chi connectivity index (χ0) is 34.8. The Morgan fingerprint density at radius 2 is 1.71 bits per heavy atom. The van der Waals surface area contributed by atoms with E-state index in [4.69, 9.17) is 28.2 Å². The molecule has 3 aliphatic heterocycles. The van der Waals surface area contributed by atoms with Crippen molar-refractivity contribution >= 4 is 57.4 Å². The molecule has 0 spiro atoms. The number of halogens is 3. The lowest BCUT2D eigenvalue weighted by atomic mass is 9.88. The third-order valence-corrected chi connectivity index (χ3v) is 10.8. The molecular formula is C39H32Cl2FN7O2. The quantitative estimate of drug-likeness (QED) is 0.161. The summed E-state index contributed by atoms with van der Waals surface area (Å²) in [6.07, 6.45) is 3.30. The number of aromatic amines is 1. The summed E-state index contributed by atoms with van der Waals surface area (Å²) < 4.78 is 16.9. The Labute approximate surface area is 303 Å². The highest BCUT2D eigenvalue weighted by molar-refractivity contribution is 6.32. The molecule has 2 saturated heterocycles. The number of piperidine rings is 1. The van der Waals surface area contributed by atoms with Gasteiger partial charge in [-0.2, -0.15) is 0 Å². The van der Waals surface area contributed by atoms with Crippen LogP contribution in [0.5, 0.6) is 0 Å². The predicted molar refractivity (Wildman–Crippen MR) is 198 cm³/mol. The fraction of sp³-hybridized carbons (Fsp3) is 0.205. The van der Waals surface area contributed by atoms with Gasteiger partial charge in [0.2, 0.25) is 0 Å². The first-order valence-electron chi connectivity index (χ1n) is 17.0. The maximum Gasteiger partial charge on any atom is 0.317 e. The second-order valence-electron chi connectivity index (χ2n) is 13.2. The topological polar surface area (TPSA) is 98.3 Å². The zero-order valence-corrected chi connectivity index (χ0v) is 28.8. The number of amides is 3. The van der Waals surface area contributed by atoms with Crippen LogP contribution in [-0.2, 0) is 0 Å². The molecule has 12 heteroatoms. The molecule has 1 atom stereocenters. The Hall–Kier alpha value is -5.32. The summed E-state index contributed by atoms with van der Waals surface area (Å²) in [6.45, 7) is 2.58. The van der Waals surface area contributed by atoms with Crippen molar-refractivity contribution in [1.29, 1.82) is 0 Å². The summed E-state index contributed by atoms with van der Waals surface area (Å²) in [5.41, 5.74) is 7.22. The number of hydrogen-bond acceptors (Lipinski definition) is 4. The Morgan fingerprint density at radius 3 is 2.45 bits per heavy atom. The highest BCUT2D eigenvalue weighted by atomic mass is 35.5. The number of nitrogens with zero attached hydrogens (tertiary/aromatic N) is 4. The van der Waals surface area contributed by atoms with Crippen molar-refractivity contribution in [1.82, 2.24) is 24.8 Å². The van der Waals surface area contributed by atoms with Gasteiger partial charge >= 0.3 is 6.03 Å². The first-order valence-corrected chi connectivity index (χ1v) is 17.7. The number of benzene rings is 4. The van der Waals surface area contributed by atoms with Gasteiger partial charge in [0.05, 0.1) is 35.1 Å². The average Bonchev–Trinajstić information content (AvgIpc) is 3.87. The summed E-state index contributed by atoms with van der Waals surface area (Å²) in [5, 5.41) is 8.03. The van der Waals surface area contributed by atoms with Gasteiger partial charge in [-0.3, -0.25) is 4.79 Å². The van der Waals surface area contributed by atoms with E-state index in [9.17, 15) is 14.0 Å². The lowest BCUT2D eigenvalue weighted by molar-refractivity contribution is 0.102. The number of hydrogen-bond donors (Lipinski definition) is 3. The Kier molecular flexibility index (Phi) is 7.74. The van der Waals surface area contributed by atoms with Crippen LogP contribution in [0.1, 0.15) is 40.5 Å². The molecule has 3 amide bonds. The van der Waals surface area contributed by atoms with E-state index in [-0.39, 0.29) is 24.0 Å². The van der Waals surface area contributed by atoms with Crippen molar-refractivity contribution in [2.75, 3.05) is 36.4 Å². The zero-order valence-electron chi connectivity index (χ0n) is 27.3. The number of aromatic nitrogens is 3. The van der Waals surface area contributed by atoms with Crippen LogP contribution in [0, 0.1) is 5.82 Å². The fourth-order valence-electron chi connectivity index (χ4n) is 8.01. The molecule has 6 aromatic rings. The number of anilines is 2. The molecule has 0 radical (unpaired) electrons. The fourth-order valence-corrected chi connectivity index (χ4v) is 8.36. The van der Waals surface area contributed by atoms with Crippen LogP contribution >= 0.6 is 23.2 Å². The van der Waals surface area contributed by atoms with Crippen molar-refractivity contribution in [3.05, 3.63) is 124 Å². The van der Waals surface area contributed by atoms with E-state index in [1.165, 1.54) is 12.1 Å². The normalized spacial score (nSPS) is 17.2. The molecule has 0 bridgehead atoms. The monoisotopic (exact) mass is 719 g/mol. The molecule has 5 heterocycles. The smallest absolute Gasteiger partial charge is 0.317 e. The van der Waals surface area contributed by atoms with Gasteiger partial charge in [0.1, 0.15) is 11.5 Å². The summed E-state index contributed by atoms with van der Waals surface area (Å²) in [4.78, 5) is 39.1. The number of carbonyl (C=O) groups excluding carboxylic acids is 2. The van der Waals surface area contributed by atoms with Gasteiger partial charge in [0.25, 0.3) is 5.91 Å². The van der Waals surface area contributed by atoms with Crippen molar-refractivity contribution in [3.8, 4) is 22.5 Å². The van der Waals surface area contributed by atoms with E-state index in [1.54, 1.807) is 6.07 Å². The molecular weight excluding hydrogens is 688 g/mol. The van der Waals surface area contributed by atoms with Crippen LogP contribution in [-0.4, -0.2) is 63.6 Å². The molecule has 0 saturated carbocycles. The Balaban J connectivity index is 1.14. The minimum Gasteiger partial charge on any atom is -0.370 e.